The van der Waals surface area contributed by atoms with Crippen LogP contribution in [0.3, 0.4) is 0 Å². The van der Waals surface area contributed by atoms with Gasteiger partial charge in [0.2, 0.25) is 5.91 Å². The smallest absolute Gasteiger partial charge is 0.227 e. The van der Waals surface area contributed by atoms with Gasteiger partial charge in [0, 0.05) is 9.89 Å². The molecule has 1 heterocycles. The van der Waals surface area contributed by atoms with Gasteiger partial charge in [0.1, 0.15) is 5.69 Å². The summed E-state index contributed by atoms with van der Waals surface area (Å²) in [6.45, 7) is 14.3. The maximum Gasteiger partial charge on any atom is 0.227 e. The maximum absolute atomic E-state index is 14.6. The lowest BCUT2D eigenvalue weighted by atomic mass is 9.33. The van der Waals surface area contributed by atoms with E-state index in [9.17, 15) is 20.1 Å². The van der Waals surface area contributed by atoms with Crippen molar-refractivity contribution in [2.24, 2.45) is 56.7 Å². The Hall–Kier alpha value is -2.07. The fourth-order valence-electron chi connectivity index (χ4n) is 12.5. The minimum absolute atomic E-state index is 0.0192. The summed E-state index contributed by atoms with van der Waals surface area (Å²) in [6, 6.07) is 7.92. The number of aliphatic hydroxyl groups is 3. The number of fused-ring (bicyclic) bond motifs is 7. The molecule has 7 rings (SSSR count). The summed E-state index contributed by atoms with van der Waals surface area (Å²) in [4.78, 5) is 14.6. The Labute approximate surface area is 294 Å². The average Bonchev–Trinajstić information content (AvgIpc) is 3.54. The van der Waals surface area contributed by atoms with Crippen molar-refractivity contribution in [3.63, 3.8) is 0 Å². The molecule has 5 aliphatic rings. The molecule has 1 aromatic heterocycles. The molecule has 8 nitrogen and oxygen atoms in total. The van der Waals surface area contributed by atoms with Crippen LogP contribution in [0.15, 0.2) is 46.6 Å². The van der Waals surface area contributed by atoms with E-state index in [2.05, 4.69) is 72.3 Å². The largest absolute Gasteiger partial charge is 0.396 e. The number of nitrogens with zero attached hydrogens (tertiary/aromatic N) is 3. The molecule has 0 saturated heterocycles. The van der Waals surface area contributed by atoms with Gasteiger partial charge in [-0.1, -0.05) is 80.4 Å². The second-order valence-electron chi connectivity index (χ2n) is 17.5. The molecular weight excluding hydrogens is 668 g/mol. The lowest BCUT2D eigenvalue weighted by molar-refractivity contribution is -0.243. The second kappa shape index (κ2) is 11.7. The molecule has 0 radical (unpaired) electrons. The van der Waals surface area contributed by atoms with E-state index in [4.69, 9.17) is 0 Å². The first kappa shape index (κ1) is 34.4. The Bertz CT molecular complexity index is 1610. The summed E-state index contributed by atoms with van der Waals surface area (Å²) in [7, 11) is 0. The van der Waals surface area contributed by atoms with E-state index in [0.717, 1.165) is 60.8 Å². The molecule has 9 heteroatoms. The number of halogens is 1. The zero-order chi connectivity index (χ0) is 34.4. The van der Waals surface area contributed by atoms with E-state index >= 15 is 0 Å². The van der Waals surface area contributed by atoms with Gasteiger partial charge in [0.25, 0.3) is 0 Å². The van der Waals surface area contributed by atoms with Crippen molar-refractivity contribution in [3.05, 3.63) is 52.3 Å². The van der Waals surface area contributed by atoms with Crippen molar-refractivity contribution in [1.82, 2.24) is 20.3 Å². The highest BCUT2D eigenvalue weighted by Gasteiger charge is 2.70. The molecule has 0 aliphatic heterocycles. The summed E-state index contributed by atoms with van der Waals surface area (Å²) < 4.78 is 2.72. The van der Waals surface area contributed by atoms with Gasteiger partial charge in [-0.15, -0.1) is 5.10 Å². The van der Waals surface area contributed by atoms with Crippen LogP contribution in [0.5, 0.6) is 0 Å². The Kier molecular flexibility index (Phi) is 8.41. The van der Waals surface area contributed by atoms with Crippen molar-refractivity contribution in [1.29, 1.82) is 0 Å². The van der Waals surface area contributed by atoms with Gasteiger partial charge in [-0.2, -0.15) is 0 Å². The Morgan fingerprint density at radius 3 is 2.56 bits per heavy atom. The SMILES string of the molecule is C[C@H]1[C@H](C)CC[C@]2(C(=O)NCc3cn(-c4cccc(Br)c4)nn3)CC[C@]3(C)C(=CC[C@@H]4[C@@]5(C)C[C@@H](O)[C@H](O)[C@@](C)(CO)[C@@H]5CC[C@]43C)[C@H]12. The molecule has 262 valence electrons. The maximum atomic E-state index is 14.6. The third-order valence-corrected chi connectivity index (χ3v) is 16.1. The topological polar surface area (TPSA) is 121 Å². The van der Waals surface area contributed by atoms with Gasteiger partial charge >= 0.3 is 0 Å². The van der Waals surface area contributed by atoms with Gasteiger partial charge in [-0.05, 0) is 115 Å². The minimum atomic E-state index is -0.918. The van der Waals surface area contributed by atoms with Crippen molar-refractivity contribution >= 4 is 21.8 Å². The summed E-state index contributed by atoms with van der Waals surface area (Å²) in [6.07, 6.45) is 9.83. The van der Waals surface area contributed by atoms with Gasteiger partial charge in [0.15, 0.2) is 0 Å². The lowest BCUT2D eigenvalue weighted by Gasteiger charge is -2.71. The Balaban J connectivity index is 1.20. The van der Waals surface area contributed by atoms with Crippen LogP contribution in [0.1, 0.15) is 98.6 Å². The normalized spacial score (nSPS) is 45.2. The standard InChI is InChI=1S/C39H55BrN4O4/c1-23-12-15-39(34(48)41-20-26-21-44(43-42-26)27-9-7-8-25(40)18-27)17-16-37(5)28(32(39)24(23)2)10-11-31-35(3)19-29(46)33(47)36(4,22-45)30(35)13-14-38(31,37)6/h7-10,18,21,23-24,29-33,45-47H,11-17,19-20,22H2,1-6H3,(H,41,48)/t23-,24+,29-,30-,31-,32+,33+,35+,36+,37-,38-,39+/m1/s1. The zero-order valence-corrected chi connectivity index (χ0v) is 31.1. The first-order valence-corrected chi connectivity index (χ1v) is 19.1. The molecule has 2 aromatic rings. The predicted molar refractivity (Wildman–Crippen MR) is 189 cm³/mol. The van der Waals surface area contributed by atoms with Gasteiger partial charge in [0.05, 0.1) is 42.7 Å². The monoisotopic (exact) mass is 722 g/mol. The molecule has 0 spiro atoms. The van der Waals surface area contributed by atoms with Crippen molar-refractivity contribution in [3.8, 4) is 5.69 Å². The van der Waals surface area contributed by atoms with Gasteiger partial charge < -0.3 is 20.6 Å². The lowest BCUT2D eigenvalue weighted by Crippen LogP contribution is -2.68. The molecular formula is C39H55BrN4O4. The number of carbonyl (C=O) groups excluding carboxylic acids is 1. The van der Waals surface area contributed by atoms with Crippen LogP contribution >= 0.6 is 15.9 Å². The van der Waals surface area contributed by atoms with Crippen LogP contribution < -0.4 is 5.32 Å². The fourth-order valence-corrected chi connectivity index (χ4v) is 12.9. The third-order valence-electron chi connectivity index (χ3n) is 15.6. The number of allylic oxidation sites excluding steroid dienone is 2. The molecule has 4 fully saturated rings. The molecule has 1 aromatic carbocycles. The number of hydrogen-bond donors (Lipinski definition) is 4. The number of amides is 1. The highest BCUT2D eigenvalue weighted by atomic mass is 79.9. The van der Waals surface area contributed by atoms with Crippen LogP contribution in [0.25, 0.3) is 5.69 Å². The van der Waals surface area contributed by atoms with Crippen LogP contribution in [-0.2, 0) is 11.3 Å². The molecule has 5 aliphatic carbocycles. The number of rotatable bonds is 5. The quantitative estimate of drug-likeness (QED) is 0.258. The first-order valence-electron chi connectivity index (χ1n) is 18.3. The van der Waals surface area contributed by atoms with E-state index in [1.54, 1.807) is 4.68 Å². The molecule has 0 bridgehead atoms. The Morgan fingerprint density at radius 2 is 1.83 bits per heavy atom. The molecule has 4 N–H and O–H groups in total. The minimum Gasteiger partial charge on any atom is -0.396 e. The van der Waals surface area contributed by atoms with Crippen molar-refractivity contribution in [2.45, 2.75) is 112 Å². The molecule has 48 heavy (non-hydrogen) atoms. The first-order chi connectivity index (χ1) is 22.6. The molecule has 4 saturated carbocycles. The van der Waals surface area contributed by atoms with Gasteiger partial charge in [-0.3, -0.25) is 4.79 Å². The van der Waals surface area contributed by atoms with Gasteiger partial charge in [-0.25, -0.2) is 4.68 Å². The number of carbonyl (C=O) groups is 1. The van der Waals surface area contributed by atoms with Crippen molar-refractivity contribution < 1.29 is 20.1 Å². The van der Waals surface area contributed by atoms with E-state index < -0.39 is 23.0 Å². The summed E-state index contributed by atoms with van der Waals surface area (Å²) in [5.41, 5.74) is 1.65. The van der Waals surface area contributed by atoms with Crippen LogP contribution in [0.2, 0.25) is 0 Å². The number of hydrogen-bond acceptors (Lipinski definition) is 6. The van der Waals surface area contributed by atoms with Crippen LogP contribution in [0, 0.1) is 56.7 Å². The number of nitrogens with one attached hydrogen (secondary N) is 1. The van der Waals surface area contributed by atoms with Crippen LogP contribution in [-0.4, -0.2) is 55.0 Å². The molecule has 1 amide bonds. The molecule has 12 atom stereocenters. The van der Waals surface area contributed by atoms with Crippen LogP contribution in [0.4, 0.5) is 0 Å². The second-order valence-corrected chi connectivity index (χ2v) is 18.4. The predicted octanol–water partition coefficient (Wildman–Crippen LogP) is 6.61. The Morgan fingerprint density at radius 1 is 1.06 bits per heavy atom. The average molecular weight is 724 g/mol. The zero-order valence-electron chi connectivity index (χ0n) is 29.5. The number of benzene rings is 1. The summed E-state index contributed by atoms with van der Waals surface area (Å²) in [5.74, 6) is 1.68. The third kappa shape index (κ3) is 4.72. The van der Waals surface area contributed by atoms with E-state index in [1.165, 1.54) is 5.57 Å². The van der Waals surface area contributed by atoms with E-state index in [-0.39, 0.29) is 40.6 Å². The highest BCUT2D eigenvalue weighted by Crippen LogP contribution is 2.75. The molecule has 0 unspecified atom stereocenters. The number of aromatic nitrogens is 3. The number of aliphatic hydroxyl groups excluding tert-OH is 3. The van der Waals surface area contributed by atoms with E-state index in [1.807, 2.05) is 37.4 Å². The highest BCUT2D eigenvalue weighted by molar-refractivity contribution is 9.10. The summed E-state index contributed by atoms with van der Waals surface area (Å²) >= 11 is 3.53. The van der Waals surface area contributed by atoms with Crippen molar-refractivity contribution in [2.75, 3.05) is 6.61 Å². The summed E-state index contributed by atoms with van der Waals surface area (Å²) in [5, 5.41) is 45.0. The fraction of sp³-hybridized carbons (Fsp3) is 0.718. The van der Waals surface area contributed by atoms with E-state index in [0.29, 0.717) is 30.7 Å².